The van der Waals surface area contributed by atoms with Gasteiger partial charge in [0.05, 0.1) is 5.01 Å². The lowest BCUT2D eigenvalue weighted by Crippen LogP contribution is -2.49. The van der Waals surface area contributed by atoms with Crippen molar-refractivity contribution in [1.29, 1.82) is 0 Å². The molecule has 3 N–H and O–H groups in total. The normalized spacial score (nSPS) is 16.9. The molecule has 13 nitrogen and oxygen atoms in total. The number of rotatable bonds is 10. The molecule has 3 fully saturated rings. The number of pyridine rings is 1. The molecule has 3 aliphatic rings. The molecule has 0 atom stereocenters. The number of imide groups is 1. The van der Waals surface area contributed by atoms with Crippen LogP contribution in [0.4, 0.5) is 21.9 Å². The first kappa shape index (κ1) is 41.2. The van der Waals surface area contributed by atoms with Gasteiger partial charge in [0.1, 0.15) is 11.4 Å². The average Bonchev–Trinajstić information content (AvgIpc) is 3.96. The summed E-state index contributed by atoms with van der Waals surface area (Å²) in [6, 6.07) is 25.1. The minimum Gasteiger partial charge on any atom is -0.372 e. The summed E-state index contributed by atoms with van der Waals surface area (Å²) in [7, 11) is 0. The number of H-pyrrole nitrogens is 1. The summed E-state index contributed by atoms with van der Waals surface area (Å²) in [4.78, 5) is 55.2. The Balaban J connectivity index is 0.759. The van der Waals surface area contributed by atoms with Crippen molar-refractivity contribution < 1.29 is 14.4 Å². The summed E-state index contributed by atoms with van der Waals surface area (Å²) in [5.74, 6) is 0.307. The molecule has 62 heavy (non-hydrogen) atoms. The van der Waals surface area contributed by atoms with Crippen molar-refractivity contribution in [3.8, 4) is 22.4 Å². The maximum Gasteiger partial charge on any atom is 0.328 e. The highest BCUT2D eigenvalue weighted by Gasteiger charge is 2.27. The second kappa shape index (κ2) is 17.3. The Labute approximate surface area is 366 Å². The fraction of sp³-hybridized carbons (Fsp3) is 0.375. The van der Waals surface area contributed by atoms with E-state index in [0.717, 1.165) is 101 Å². The first-order valence-electron chi connectivity index (χ1n) is 21.7. The van der Waals surface area contributed by atoms with Crippen LogP contribution >= 0.6 is 11.3 Å². The third-order valence-electron chi connectivity index (χ3n) is 12.5. The maximum absolute atomic E-state index is 12.9. The first-order valence-corrected chi connectivity index (χ1v) is 22.6. The lowest BCUT2D eigenvalue weighted by Gasteiger charge is -2.40. The summed E-state index contributed by atoms with van der Waals surface area (Å²) in [6.07, 6.45) is 4.57. The predicted molar refractivity (Wildman–Crippen MR) is 247 cm³/mol. The molecule has 3 aromatic carbocycles. The van der Waals surface area contributed by atoms with Crippen LogP contribution in [0.5, 0.6) is 0 Å². The molecule has 9 rings (SSSR count). The Morgan fingerprint density at radius 2 is 1.50 bits per heavy atom. The highest BCUT2D eigenvalue weighted by molar-refractivity contribution is 7.10. The second-order valence-electron chi connectivity index (χ2n) is 17.8. The molecule has 0 unspecified atom stereocenters. The van der Waals surface area contributed by atoms with Crippen LogP contribution in [0.1, 0.15) is 66.7 Å². The number of hydrogen-bond donors (Lipinski definition) is 3. The summed E-state index contributed by atoms with van der Waals surface area (Å²) in [5.41, 5.74) is 10.5. The Bertz CT molecular complexity index is 2580. The van der Waals surface area contributed by atoms with E-state index in [9.17, 15) is 14.4 Å². The molecule has 4 amide bonds. The van der Waals surface area contributed by atoms with Gasteiger partial charge in [0, 0.05) is 116 Å². The molecule has 0 bridgehead atoms. The third-order valence-corrected chi connectivity index (χ3v) is 13.8. The molecule has 6 heterocycles. The summed E-state index contributed by atoms with van der Waals surface area (Å²) in [5, 5.41) is 17.0. The van der Waals surface area contributed by atoms with Gasteiger partial charge in [0.2, 0.25) is 5.91 Å². The van der Waals surface area contributed by atoms with Crippen LogP contribution in [-0.4, -0.2) is 95.3 Å². The van der Waals surface area contributed by atoms with Crippen molar-refractivity contribution in [2.24, 2.45) is 5.92 Å². The van der Waals surface area contributed by atoms with Gasteiger partial charge in [-0.2, -0.15) is 5.10 Å². The molecular weight excluding hydrogens is 797 g/mol. The maximum atomic E-state index is 12.9. The van der Waals surface area contributed by atoms with Gasteiger partial charge >= 0.3 is 6.03 Å². The van der Waals surface area contributed by atoms with Crippen LogP contribution in [0.25, 0.3) is 33.4 Å². The number of amides is 4. The van der Waals surface area contributed by atoms with Crippen molar-refractivity contribution in [1.82, 2.24) is 35.7 Å². The number of fused-ring (bicyclic) bond motifs is 1. The van der Waals surface area contributed by atoms with E-state index in [1.165, 1.54) is 35.6 Å². The summed E-state index contributed by atoms with van der Waals surface area (Å²) in [6.45, 7) is 16.5. The van der Waals surface area contributed by atoms with E-state index in [1.54, 1.807) is 4.90 Å². The number of carbonyl (C=O) groups is 3. The number of urea groups is 1. The molecule has 3 aromatic heterocycles. The number of hydrogen-bond acceptors (Lipinski definition) is 10. The van der Waals surface area contributed by atoms with Crippen LogP contribution in [-0.2, 0) is 16.8 Å². The van der Waals surface area contributed by atoms with E-state index in [-0.39, 0.29) is 23.3 Å². The lowest BCUT2D eigenvalue weighted by molar-refractivity contribution is -0.120. The standard InChI is InChI=1S/C48H54N10O3S/c1-31-25-34(5-6-35(31)27-50-45(60)41-30-62-46(51-41)48(2,3)4)43-40-26-36(28-49-44(40)54-53-43)33-7-9-37(10-8-33)57-23-21-55(22-24-57)29-32-15-18-56(19-16-32)38-11-13-39(14-12-38)58-20-17-42(59)52-47(58)61/h5-14,25-26,28,30,32H,15-24,27,29H2,1-4H3,(H,50,60)(H,49,53,54)(H,52,59,61). The number of benzene rings is 3. The minimum atomic E-state index is -0.347. The first-order chi connectivity index (χ1) is 29.9. The molecular formula is C48H54N10O3S. The van der Waals surface area contributed by atoms with Crippen molar-refractivity contribution in [3.05, 3.63) is 106 Å². The number of piperazine rings is 1. The van der Waals surface area contributed by atoms with E-state index < -0.39 is 0 Å². The average molecular weight is 851 g/mol. The predicted octanol–water partition coefficient (Wildman–Crippen LogP) is 7.77. The fourth-order valence-corrected chi connectivity index (χ4v) is 9.65. The van der Waals surface area contributed by atoms with Crippen molar-refractivity contribution in [2.75, 3.05) is 67.1 Å². The van der Waals surface area contributed by atoms with Crippen LogP contribution in [0.3, 0.4) is 0 Å². The van der Waals surface area contributed by atoms with E-state index >= 15 is 0 Å². The zero-order valence-electron chi connectivity index (χ0n) is 35.9. The number of aromatic nitrogens is 4. The fourth-order valence-electron chi connectivity index (χ4n) is 8.76. The second-order valence-corrected chi connectivity index (χ2v) is 18.7. The monoisotopic (exact) mass is 850 g/mol. The number of nitrogens with zero attached hydrogens (tertiary/aromatic N) is 7. The Hall–Kier alpha value is -6.12. The third kappa shape index (κ3) is 8.93. The highest BCUT2D eigenvalue weighted by Crippen LogP contribution is 2.33. The number of nitrogens with one attached hydrogen (secondary N) is 3. The number of anilines is 3. The number of aryl methyl sites for hydroxylation is 1. The molecule has 0 saturated carbocycles. The topological polar surface area (TPSA) is 143 Å². The van der Waals surface area contributed by atoms with Crippen molar-refractivity contribution in [2.45, 2.75) is 58.9 Å². The van der Waals surface area contributed by atoms with Crippen LogP contribution in [0.15, 0.2) is 84.4 Å². The van der Waals surface area contributed by atoms with Gasteiger partial charge in [-0.3, -0.25) is 29.8 Å². The zero-order valence-corrected chi connectivity index (χ0v) is 36.7. The van der Waals surface area contributed by atoms with Gasteiger partial charge < -0.3 is 15.1 Å². The van der Waals surface area contributed by atoms with E-state index in [4.69, 9.17) is 4.98 Å². The van der Waals surface area contributed by atoms with Gasteiger partial charge in [0.15, 0.2) is 5.65 Å². The number of piperidine rings is 1. The minimum absolute atomic E-state index is 0.0894. The molecule has 14 heteroatoms. The van der Waals surface area contributed by atoms with Crippen molar-refractivity contribution >= 4 is 57.3 Å². The Morgan fingerprint density at radius 3 is 2.18 bits per heavy atom. The van der Waals surface area contributed by atoms with E-state index in [0.29, 0.717) is 31.1 Å². The van der Waals surface area contributed by atoms with Gasteiger partial charge in [-0.15, -0.1) is 11.3 Å². The zero-order chi connectivity index (χ0) is 43.0. The SMILES string of the molecule is Cc1cc(-c2n[nH]c3ncc(-c4ccc(N5CCN(CC6CCN(c7ccc(N8CCC(=O)NC8=O)cc7)CC6)CC5)cc4)cc23)ccc1CNC(=O)c1csc(C(C)(C)C)n1. The Kier molecular flexibility index (Phi) is 11.5. The summed E-state index contributed by atoms with van der Waals surface area (Å²) >= 11 is 1.52. The highest BCUT2D eigenvalue weighted by atomic mass is 32.1. The number of carbonyl (C=O) groups excluding carboxylic acids is 3. The molecule has 3 aliphatic heterocycles. The van der Waals surface area contributed by atoms with Gasteiger partial charge in [0.25, 0.3) is 5.91 Å². The largest absolute Gasteiger partial charge is 0.372 e. The van der Waals surface area contributed by atoms with Crippen LogP contribution < -0.4 is 25.3 Å². The molecule has 0 aliphatic carbocycles. The molecule has 6 aromatic rings. The van der Waals surface area contributed by atoms with Gasteiger partial charge in [-0.05, 0) is 90.9 Å². The molecule has 0 spiro atoms. The molecule has 320 valence electrons. The molecule has 0 radical (unpaired) electrons. The van der Waals surface area contributed by atoms with E-state index in [1.807, 2.05) is 23.7 Å². The Morgan fingerprint density at radius 1 is 0.823 bits per heavy atom. The lowest BCUT2D eigenvalue weighted by atomic mass is 9.95. The molecule has 3 saturated heterocycles. The van der Waals surface area contributed by atoms with Gasteiger partial charge in [-0.1, -0.05) is 45.0 Å². The van der Waals surface area contributed by atoms with Crippen LogP contribution in [0.2, 0.25) is 0 Å². The summed E-state index contributed by atoms with van der Waals surface area (Å²) < 4.78 is 0. The van der Waals surface area contributed by atoms with Crippen molar-refractivity contribution in [3.63, 3.8) is 0 Å². The van der Waals surface area contributed by atoms with Crippen LogP contribution in [0, 0.1) is 12.8 Å². The van der Waals surface area contributed by atoms with Gasteiger partial charge in [-0.25, -0.2) is 14.8 Å². The van der Waals surface area contributed by atoms with E-state index in [2.05, 4.69) is 129 Å². The number of aromatic amines is 1. The number of thiazole rings is 1. The quantitative estimate of drug-likeness (QED) is 0.126. The smallest absolute Gasteiger partial charge is 0.328 e.